The standard InChI is InChI=1S/C12H9N7O4S/c20-10(17-18-6-13-14-7-18)5-24-12-16-15-11(23-12)8-1-3-9(4-2-8)19(21)22/h1-4,6-7H,5H2,(H,17,20). The maximum absolute atomic E-state index is 11.7. The fraction of sp³-hybridized carbons (Fsp3) is 0.0833. The summed E-state index contributed by atoms with van der Waals surface area (Å²) in [5, 5.41) is 25.6. The lowest BCUT2D eigenvalue weighted by atomic mass is 10.2. The molecule has 0 aliphatic rings. The normalized spacial score (nSPS) is 10.5. The minimum atomic E-state index is -0.493. The highest BCUT2D eigenvalue weighted by molar-refractivity contribution is 7.99. The third kappa shape index (κ3) is 3.73. The number of thioether (sulfide) groups is 1. The van der Waals surface area contributed by atoms with Gasteiger partial charge in [0.1, 0.15) is 12.7 Å². The Kier molecular flexibility index (Phi) is 4.47. The van der Waals surface area contributed by atoms with Crippen LogP contribution < -0.4 is 5.43 Å². The van der Waals surface area contributed by atoms with Crippen molar-refractivity contribution in [3.63, 3.8) is 0 Å². The number of nitro groups is 1. The molecule has 0 saturated heterocycles. The van der Waals surface area contributed by atoms with Crippen molar-refractivity contribution in [3.05, 3.63) is 47.0 Å². The van der Waals surface area contributed by atoms with Gasteiger partial charge in [-0.05, 0) is 12.1 Å². The number of non-ortho nitro benzene ring substituents is 1. The van der Waals surface area contributed by atoms with E-state index in [1.54, 1.807) is 0 Å². The van der Waals surface area contributed by atoms with E-state index in [9.17, 15) is 14.9 Å². The SMILES string of the molecule is O=C(CSc1nnc(-c2ccc([N+](=O)[O-])cc2)o1)Nn1cnnc1. The van der Waals surface area contributed by atoms with E-state index in [0.717, 1.165) is 11.8 Å². The van der Waals surface area contributed by atoms with Crippen LogP contribution in [0.4, 0.5) is 5.69 Å². The van der Waals surface area contributed by atoms with Crippen molar-refractivity contribution in [1.29, 1.82) is 0 Å². The molecular weight excluding hydrogens is 338 g/mol. The topological polar surface area (TPSA) is 142 Å². The predicted octanol–water partition coefficient (Wildman–Crippen LogP) is 1.10. The minimum Gasteiger partial charge on any atom is -0.411 e. The van der Waals surface area contributed by atoms with Crippen LogP contribution in [0, 0.1) is 10.1 Å². The average Bonchev–Trinajstić information content (AvgIpc) is 3.24. The Morgan fingerprint density at radius 1 is 1.25 bits per heavy atom. The molecule has 0 aliphatic carbocycles. The molecule has 0 radical (unpaired) electrons. The number of benzene rings is 1. The summed E-state index contributed by atoms with van der Waals surface area (Å²) in [4.78, 5) is 21.8. The molecule has 1 N–H and O–H groups in total. The molecule has 0 spiro atoms. The molecule has 122 valence electrons. The van der Waals surface area contributed by atoms with Crippen LogP contribution in [0.3, 0.4) is 0 Å². The van der Waals surface area contributed by atoms with Crippen LogP contribution in [-0.4, -0.2) is 41.7 Å². The van der Waals surface area contributed by atoms with Crippen LogP contribution in [0.1, 0.15) is 0 Å². The van der Waals surface area contributed by atoms with Crippen LogP contribution in [0.25, 0.3) is 11.5 Å². The lowest BCUT2D eigenvalue weighted by Gasteiger charge is -2.01. The van der Waals surface area contributed by atoms with Gasteiger partial charge in [0.15, 0.2) is 0 Å². The number of amides is 1. The second kappa shape index (κ2) is 6.87. The highest BCUT2D eigenvalue weighted by atomic mass is 32.2. The zero-order valence-electron chi connectivity index (χ0n) is 11.9. The molecule has 0 atom stereocenters. The molecule has 0 fully saturated rings. The van der Waals surface area contributed by atoms with Gasteiger partial charge in [-0.2, -0.15) is 0 Å². The number of rotatable bonds is 6. The Morgan fingerprint density at radius 2 is 1.96 bits per heavy atom. The van der Waals surface area contributed by atoms with Crippen LogP contribution in [0.2, 0.25) is 0 Å². The number of nitrogens with one attached hydrogen (secondary N) is 1. The van der Waals surface area contributed by atoms with E-state index in [4.69, 9.17) is 4.42 Å². The van der Waals surface area contributed by atoms with Crippen molar-refractivity contribution in [3.8, 4) is 11.5 Å². The number of carbonyl (C=O) groups is 1. The van der Waals surface area contributed by atoms with Crippen molar-refractivity contribution >= 4 is 23.4 Å². The number of nitro benzene ring substituents is 1. The fourth-order valence-electron chi connectivity index (χ4n) is 1.67. The molecule has 0 bridgehead atoms. The van der Waals surface area contributed by atoms with Gasteiger partial charge < -0.3 is 4.42 Å². The van der Waals surface area contributed by atoms with Crippen LogP contribution in [0.5, 0.6) is 0 Å². The van der Waals surface area contributed by atoms with E-state index in [1.807, 2.05) is 0 Å². The number of carbonyl (C=O) groups excluding carboxylic acids is 1. The number of aromatic nitrogens is 5. The molecule has 1 amide bonds. The Bertz CT molecular complexity index is 847. The van der Waals surface area contributed by atoms with Gasteiger partial charge in [-0.25, -0.2) is 4.68 Å². The average molecular weight is 347 g/mol. The smallest absolute Gasteiger partial charge is 0.277 e. The molecule has 12 heteroatoms. The van der Waals surface area contributed by atoms with Gasteiger partial charge in [0, 0.05) is 17.7 Å². The summed E-state index contributed by atoms with van der Waals surface area (Å²) in [6, 6.07) is 5.72. The molecule has 0 aliphatic heterocycles. The first-order valence-corrected chi connectivity index (χ1v) is 7.46. The van der Waals surface area contributed by atoms with E-state index in [2.05, 4.69) is 25.8 Å². The first-order valence-electron chi connectivity index (χ1n) is 6.47. The third-order valence-electron chi connectivity index (χ3n) is 2.73. The minimum absolute atomic E-state index is 0.0291. The van der Waals surface area contributed by atoms with E-state index in [-0.39, 0.29) is 28.5 Å². The van der Waals surface area contributed by atoms with Gasteiger partial charge in [-0.3, -0.25) is 20.3 Å². The maximum Gasteiger partial charge on any atom is 0.277 e. The predicted molar refractivity (Wildman–Crippen MR) is 81.5 cm³/mol. The molecule has 2 heterocycles. The fourth-order valence-corrected chi connectivity index (χ4v) is 2.23. The van der Waals surface area contributed by atoms with Gasteiger partial charge in [0.2, 0.25) is 11.8 Å². The van der Waals surface area contributed by atoms with Crippen LogP contribution >= 0.6 is 11.8 Å². The van der Waals surface area contributed by atoms with Gasteiger partial charge in [0.25, 0.3) is 10.9 Å². The first kappa shape index (κ1) is 15.6. The summed E-state index contributed by atoms with van der Waals surface area (Å²) in [5.41, 5.74) is 3.05. The summed E-state index contributed by atoms with van der Waals surface area (Å²) in [6.45, 7) is 0. The second-order valence-corrected chi connectivity index (χ2v) is 5.30. The molecule has 0 saturated carbocycles. The Hall–Kier alpha value is -3.28. The molecule has 11 nitrogen and oxygen atoms in total. The van der Waals surface area contributed by atoms with Gasteiger partial charge >= 0.3 is 0 Å². The highest BCUT2D eigenvalue weighted by Crippen LogP contribution is 2.24. The van der Waals surface area contributed by atoms with E-state index in [0.29, 0.717) is 5.56 Å². The van der Waals surface area contributed by atoms with E-state index in [1.165, 1.54) is 41.6 Å². The Morgan fingerprint density at radius 3 is 2.62 bits per heavy atom. The van der Waals surface area contributed by atoms with Gasteiger partial charge in [0.05, 0.1) is 10.7 Å². The van der Waals surface area contributed by atoms with E-state index < -0.39 is 4.92 Å². The maximum atomic E-state index is 11.7. The second-order valence-electron chi connectivity index (χ2n) is 4.37. The highest BCUT2D eigenvalue weighted by Gasteiger charge is 2.13. The van der Waals surface area contributed by atoms with Crippen LogP contribution in [0.15, 0.2) is 46.6 Å². The quantitative estimate of drug-likeness (QED) is 0.394. The summed E-state index contributed by atoms with van der Waals surface area (Å²) in [5.74, 6) is -0.0263. The summed E-state index contributed by atoms with van der Waals surface area (Å²) < 4.78 is 6.73. The van der Waals surface area contributed by atoms with Gasteiger partial charge in [-0.1, -0.05) is 11.8 Å². The van der Waals surface area contributed by atoms with Crippen molar-refractivity contribution in [1.82, 2.24) is 25.1 Å². The summed E-state index contributed by atoms with van der Waals surface area (Å²) >= 11 is 1.06. The molecule has 3 aromatic rings. The van der Waals surface area contributed by atoms with Crippen molar-refractivity contribution in [2.24, 2.45) is 0 Å². The molecule has 3 rings (SSSR count). The van der Waals surface area contributed by atoms with E-state index >= 15 is 0 Å². The Labute approximate surface area is 138 Å². The van der Waals surface area contributed by atoms with Gasteiger partial charge in [-0.15, -0.1) is 20.4 Å². The lowest BCUT2D eigenvalue weighted by molar-refractivity contribution is -0.384. The van der Waals surface area contributed by atoms with Crippen molar-refractivity contribution in [2.45, 2.75) is 5.22 Å². The molecular formula is C12H9N7O4S. The molecule has 1 aromatic carbocycles. The number of nitrogens with zero attached hydrogens (tertiary/aromatic N) is 6. The summed E-state index contributed by atoms with van der Waals surface area (Å²) in [7, 11) is 0. The zero-order chi connectivity index (χ0) is 16.9. The van der Waals surface area contributed by atoms with Crippen molar-refractivity contribution < 1.29 is 14.1 Å². The number of hydrogen-bond acceptors (Lipinski definition) is 9. The Balaban J connectivity index is 1.59. The number of hydrogen-bond donors (Lipinski definition) is 1. The zero-order valence-corrected chi connectivity index (χ0v) is 12.7. The first-order chi connectivity index (χ1) is 11.6. The lowest BCUT2D eigenvalue weighted by Crippen LogP contribution is -2.23. The monoisotopic (exact) mass is 347 g/mol. The van der Waals surface area contributed by atoms with Crippen molar-refractivity contribution in [2.75, 3.05) is 11.2 Å². The molecule has 0 unspecified atom stereocenters. The molecule has 24 heavy (non-hydrogen) atoms. The molecule has 2 aromatic heterocycles. The largest absolute Gasteiger partial charge is 0.411 e. The van der Waals surface area contributed by atoms with Crippen LogP contribution in [-0.2, 0) is 4.79 Å². The summed E-state index contributed by atoms with van der Waals surface area (Å²) in [6.07, 6.45) is 2.70. The third-order valence-corrected chi connectivity index (χ3v) is 3.55.